The van der Waals surface area contributed by atoms with E-state index in [1.807, 2.05) is 18.7 Å². The highest BCUT2D eigenvalue weighted by atomic mass is 16.6. The van der Waals surface area contributed by atoms with Crippen LogP contribution in [0.1, 0.15) is 26.0 Å². The summed E-state index contributed by atoms with van der Waals surface area (Å²) in [6, 6.07) is 0. The summed E-state index contributed by atoms with van der Waals surface area (Å²) in [4.78, 5) is 20.9. The predicted octanol–water partition coefficient (Wildman–Crippen LogP) is 1.97. The minimum Gasteiger partial charge on any atom is -0.357 e. The van der Waals surface area contributed by atoms with Crippen LogP contribution in [0.15, 0.2) is 0 Å². The number of nitrogens with one attached hydrogen (secondary N) is 1. The van der Waals surface area contributed by atoms with Crippen LogP contribution in [-0.4, -0.2) is 35.0 Å². The van der Waals surface area contributed by atoms with Crippen molar-refractivity contribution in [1.29, 1.82) is 0 Å². The molecule has 0 aliphatic carbocycles. The second kappa shape index (κ2) is 6.13. The van der Waals surface area contributed by atoms with Gasteiger partial charge in [-0.2, -0.15) is 4.98 Å². The minimum absolute atomic E-state index is 0.00991. The third-order valence-corrected chi connectivity index (χ3v) is 2.62. The molecule has 100 valence electrons. The SMILES string of the molecule is CCCN(CC)c1nc(NC)nc(C)c1[N+](=O)[O-]. The Labute approximate surface area is 106 Å². The van der Waals surface area contributed by atoms with Crippen molar-refractivity contribution in [2.45, 2.75) is 27.2 Å². The summed E-state index contributed by atoms with van der Waals surface area (Å²) >= 11 is 0. The Balaban J connectivity index is 3.36. The van der Waals surface area contributed by atoms with Gasteiger partial charge in [-0.05, 0) is 20.3 Å². The van der Waals surface area contributed by atoms with E-state index in [1.165, 1.54) is 0 Å². The number of rotatable bonds is 6. The molecule has 1 heterocycles. The van der Waals surface area contributed by atoms with Crippen LogP contribution in [0.2, 0.25) is 0 Å². The fraction of sp³-hybridized carbons (Fsp3) is 0.636. The highest BCUT2D eigenvalue weighted by Gasteiger charge is 2.25. The normalized spacial score (nSPS) is 10.2. The molecule has 0 amide bonds. The van der Waals surface area contributed by atoms with Crippen molar-refractivity contribution in [2.24, 2.45) is 0 Å². The van der Waals surface area contributed by atoms with Crippen LogP contribution < -0.4 is 10.2 Å². The minimum atomic E-state index is -0.414. The van der Waals surface area contributed by atoms with Gasteiger partial charge >= 0.3 is 5.69 Å². The molecular weight excluding hydrogens is 234 g/mol. The van der Waals surface area contributed by atoms with Crippen molar-refractivity contribution in [3.05, 3.63) is 15.8 Å². The Morgan fingerprint density at radius 3 is 2.50 bits per heavy atom. The maximum absolute atomic E-state index is 11.1. The molecule has 0 aromatic carbocycles. The lowest BCUT2D eigenvalue weighted by molar-refractivity contribution is -0.385. The summed E-state index contributed by atoms with van der Waals surface area (Å²) < 4.78 is 0. The van der Waals surface area contributed by atoms with Crippen molar-refractivity contribution in [2.75, 3.05) is 30.4 Å². The first-order valence-corrected chi connectivity index (χ1v) is 6.00. The van der Waals surface area contributed by atoms with Crippen molar-refractivity contribution >= 4 is 17.5 Å². The average Bonchev–Trinajstić information content (AvgIpc) is 2.34. The molecule has 1 aromatic rings. The zero-order valence-electron chi connectivity index (χ0n) is 11.2. The van der Waals surface area contributed by atoms with Crippen LogP contribution in [0, 0.1) is 17.0 Å². The molecule has 0 unspecified atom stereocenters. The lowest BCUT2D eigenvalue weighted by Gasteiger charge is -2.21. The van der Waals surface area contributed by atoms with Crippen LogP contribution in [0.4, 0.5) is 17.5 Å². The summed E-state index contributed by atoms with van der Waals surface area (Å²) in [7, 11) is 1.69. The van der Waals surface area contributed by atoms with E-state index >= 15 is 0 Å². The van der Waals surface area contributed by atoms with Gasteiger partial charge in [0.15, 0.2) is 0 Å². The number of hydrogen-bond donors (Lipinski definition) is 1. The second-order valence-electron chi connectivity index (χ2n) is 3.89. The Morgan fingerprint density at radius 1 is 1.39 bits per heavy atom. The molecule has 7 nitrogen and oxygen atoms in total. The Hall–Kier alpha value is -1.92. The van der Waals surface area contributed by atoms with Crippen LogP contribution in [0.25, 0.3) is 0 Å². The van der Waals surface area contributed by atoms with Crippen LogP contribution in [0.5, 0.6) is 0 Å². The van der Waals surface area contributed by atoms with E-state index in [9.17, 15) is 10.1 Å². The molecule has 0 bridgehead atoms. The van der Waals surface area contributed by atoms with Gasteiger partial charge in [0.1, 0.15) is 5.69 Å². The first-order valence-electron chi connectivity index (χ1n) is 6.00. The Bertz CT molecular complexity index is 436. The molecule has 0 aliphatic heterocycles. The van der Waals surface area contributed by atoms with Crippen molar-refractivity contribution in [3.63, 3.8) is 0 Å². The van der Waals surface area contributed by atoms with E-state index in [-0.39, 0.29) is 5.69 Å². The van der Waals surface area contributed by atoms with Crippen LogP contribution >= 0.6 is 0 Å². The van der Waals surface area contributed by atoms with Crippen molar-refractivity contribution in [3.8, 4) is 0 Å². The number of anilines is 2. The third kappa shape index (κ3) is 2.85. The summed E-state index contributed by atoms with van der Waals surface area (Å²) in [6.45, 7) is 7.02. The monoisotopic (exact) mass is 253 g/mol. The Kier molecular flexibility index (Phi) is 4.82. The van der Waals surface area contributed by atoms with Gasteiger partial charge in [-0.1, -0.05) is 6.92 Å². The molecule has 0 saturated heterocycles. The summed E-state index contributed by atoms with van der Waals surface area (Å²) in [5.74, 6) is 0.795. The van der Waals surface area contributed by atoms with Gasteiger partial charge in [-0.25, -0.2) is 4.98 Å². The fourth-order valence-corrected chi connectivity index (χ4v) is 1.78. The molecular formula is C11H19N5O2. The molecule has 0 saturated carbocycles. The molecule has 0 atom stereocenters. The molecule has 0 radical (unpaired) electrons. The lowest BCUT2D eigenvalue weighted by Crippen LogP contribution is -2.26. The van der Waals surface area contributed by atoms with Gasteiger partial charge in [0.05, 0.1) is 4.92 Å². The van der Waals surface area contributed by atoms with E-state index in [0.29, 0.717) is 24.0 Å². The maximum atomic E-state index is 11.1. The highest BCUT2D eigenvalue weighted by Crippen LogP contribution is 2.29. The van der Waals surface area contributed by atoms with Crippen LogP contribution in [0.3, 0.4) is 0 Å². The van der Waals surface area contributed by atoms with E-state index < -0.39 is 4.92 Å². The molecule has 1 aromatic heterocycles. The standard InChI is InChI=1S/C11H19N5O2/c1-5-7-15(6-2)10-9(16(17)18)8(3)13-11(12-4)14-10/h5-7H2,1-4H3,(H,12,13,14). The van der Waals surface area contributed by atoms with Gasteiger partial charge < -0.3 is 10.2 Å². The molecule has 0 aliphatic rings. The topological polar surface area (TPSA) is 84.2 Å². The summed E-state index contributed by atoms with van der Waals surface area (Å²) in [6.07, 6.45) is 0.906. The van der Waals surface area contributed by atoms with Gasteiger partial charge in [0, 0.05) is 20.1 Å². The summed E-state index contributed by atoms with van der Waals surface area (Å²) in [5, 5.41) is 14.0. The van der Waals surface area contributed by atoms with Crippen molar-refractivity contribution < 1.29 is 4.92 Å². The van der Waals surface area contributed by atoms with E-state index in [0.717, 1.165) is 13.0 Å². The van der Waals surface area contributed by atoms with Gasteiger partial charge in [0.2, 0.25) is 11.8 Å². The van der Waals surface area contributed by atoms with E-state index in [2.05, 4.69) is 15.3 Å². The molecule has 0 fully saturated rings. The number of nitrogens with zero attached hydrogens (tertiary/aromatic N) is 4. The number of aryl methyl sites for hydroxylation is 1. The predicted molar refractivity (Wildman–Crippen MR) is 71.1 cm³/mol. The first kappa shape index (κ1) is 14.1. The number of aromatic nitrogens is 2. The zero-order chi connectivity index (χ0) is 13.7. The van der Waals surface area contributed by atoms with E-state index in [1.54, 1.807) is 14.0 Å². The molecule has 7 heteroatoms. The highest BCUT2D eigenvalue weighted by molar-refractivity contribution is 5.62. The fourth-order valence-electron chi connectivity index (χ4n) is 1.78. The zero-order valence-corrected chi connectivity index (χ0v) is 11.2. The van der Waals surface area contributed by atoms with Crippen LogP contribution in [-0.2, 0) is 0 Å². The molecule has 1 N–H and O–H groups in total. The quantitative estimate of drug-likeness (QED) is 0.616. The van der Waals surface area contributed by atoms with Crippen molar-refractivity contribution in [1.82, 2.24) is 9.97 Å². The molecule has 0 spiro atoms. The maximum Gasteiger partial charge on any atom is 0.332 e. The lowest BCUT2D eigenvalue weighted by atomic mass is 10.3. The molecule has 18 heavy (non-hydrogen) atoms. The average molecular weight is 253 g/mol. The first-order chi connectivity index (χ1) is 8.54. The largest absolute Gasteiger partial charge is 0.357 e. The Morgan fingerprint density at radius 2 is 2.06 bits per heavy atom. The summed E-state index contributed by atoms with van der Waals surface area (Å²) in [5.41, 5.74) is 0.369. The van der Waals surface area contributed by atoms with E-state index in [4.69, 9.17) is 0 Å². The smallest absolute Gasteiger partial charge is 0.332 e. The van der Waals surface area contributed by atoms with Gasteiger partial charge in [-0.15, -0.1) is 0 Å². The third-order valence-electron chi connectivity index (χ3n) is 2.62. The second-order valence-corrected chi connectivity index (χ2v) is 3.89. The number of hydrogen-bond acceptors (Lipinski definition) is 6. The number of nitro groups is 1. The van der Waals surface area contributed by atoms with Gasteiger partial charge in [0.25, 0.3) is 0 Å². The molecule has 1 rings (SSSR count). The van der Waals surface area contributed by atoms with Gasteiger partial charge in [-0.3, -0.25) is 10.1 Å².